The molecule has 150 valence electrons. The number of halogens is 1. The number of aryl methyl sites for hydroxylation is 1. The van der Waals surface area contributed by atoms with E-state index in [9.17, 15) is 4.79 Å². The van der Waals surface area contributed by atoms with Crippen molar-refractivity contribution in [2.75, 3.05) is 36.4 Å². The topological polar surface area (TPSA) is 79.2 Å². The summed E-state index contributed by atoms with van der Waals surface area (Å²) in [6.45, 7) is 4.65. The van der Waals surface area contributed by atoms with Crippen LogP contribution in [0, 0.1) is 0 Å². The van der Waals surface area contributed by atoms with Gasteiger partial charge in [-0.1, -0.05) is 46.2 Å². The highest BCUT2D eigenvalue weighted by Gasteiger charge is 2.25. The van der Waals surface area contributed by atoms with Gasteiger partial charge >= 0.3 is 6.03 Å². The molecule has 0 radical (unpaired) electrons. The predicted octanol–water partition coefficient (Wildman–Crippen LogP) is 3.34. The number of urea groups is 1. The van der Waals surface area contributed by atoms with Crippen LogP contribution in [0.5, 0.6) is 0 Å². The molecule has 3 aromatic rings. The average Bonchev–Trinajstić information content (AvgIpc) is 3.24. The summed E-state index contributed by atoms with van der Waals surface area (Å²) in [7, 11) is 0. The first kappa shape index (κ1) is 19.4. The molecular formula is C20H22BrN7O. The van der Waals surface area contributed by atoms with E-state index in [0.29, 0.717) is 32.1 Å². The first-order valence-corrected chi connectivity index (χ1v) is 10.4. The smallest absolute Gasteiger partial charge is 0.321 e. The second-order valence-corrected chi connectivity index (χ2v) is 7.74. The lowest BCUT2D eigenvalue weighted by molar-refractivity contribution is 0.208. The molecule has 4 rings (SSSR count). The maximum absolute atomic E-state index is 12.6. The third-order valence-corrected chi connectivity index (χ3v) is 5.44. The van der Waals surface area contributed by atoms with Crippen LogP contribution in [0.1, 0.15) is 12.5 Å². The zero-order valence-electron chi connectivity index (χ0n) is 16.1. The van der Waals surface area contributed by atoms with Crippen molar-refractivity contribution in [1.29, 1.82) is 0 Å². The molecule has 1 saturated heterocycles. The first-order chi connectivity index (χ1) is 14.1. The Hall–Kier alpha value is -2.94. The van der Waals surface area contributed by atoms with Crippen molar-refractivity contribution in [3.63, 3.8) is 0 Å². The van der Waals surface area contributed by atoms with E-state index in [0.717, 1.165) is 22.3 Å². The van der Waals surface area contributed by atoms with Gasteiger partial charge in [0.15, 0.2) is 0 Å². The highest BCUT2D eigenvalue weighted by atomic mass is 79.9. The Labute approximate surface area is 177 Å². The van der Waals surface area contributed by atoms with Gasteiger partial charge in [0.25, 0.3) is 0 Å². The summed E-state index contributed by atoms with van der Waals surface area (Å²) in [6.07, 6.45) is 0.955. The monoisotopic (exact) mass is 455 g/mol. The molecule has 8 nitrogen and oxygen atoms in total. The predicted molar refractivity (Wildman–Crippen MR) is 115 cm³/mol. The Morgan fingerprint density at radius 1 is 1.10 bits per heavy atom. The van der Waals surface area contributed by atoms with Crippen LogP contribution in [-0.4, -0.2) is 57.3 Å². The molecule has 1 aliphatic heterocycles. The highest BCUT2D eigenvalue weighted by Crippen LogP contribution is 2.20. The van der Waals surface area contributed by atoms with Gasteiger partial charge in [-0.3, -0.25) is 0 Å². The highest BCUT2D eigenvalue weighted by molar-refractivity contribution is 9.10. The SMILES string of the molecule is CCc1cccc(-n2nnnc2N2CCN(C(=O)Nc3cccc(Br)c3)CC2)c1. The maximum atomic E-state index is 12.6. The van der Waals surface area contributed by atoms with Gasteiger partial charge in [-0.2, -0.15) is 4.68 Å². The average molecular weight is 456 g/mol. The van der Waals surface area contributed by atoms with Crippen LogP contribution < -0.4 is 10.2 Å². The molecule has 0 unspecified atom stereocenters. The van der Waals surface area contributed by atoms with Gasteiger partial charge in [-0.25, -0.2) is 4.79 Å². The molecule has 0 aliphatic carbocycles. The number of carbonyl (C=O) groups is 1. The standard InChI is InChI=1S/C20H22BrN7O/c1-2-15-5-3-8-18(13-15)28-19(23-24-25-28)26-9-11-27(12-10-26)20(29)22-17-7-4-6-16(21)14-17/h3-8,13-14H,2,9-12H2,1H3,(H,22,29). The first-order valence-electron chi connectivity index (χ1n) is 9.58. The Balaban J connectivity index is 1.41. The number of benzene rings is 2. The Bertz CT molecular complexity index is 998. The number of rotatable bonds is 4. The molecule has 0 bridgehead atoms. The van der Waals surface area contributed by atoms with Gasteiger partial charge in [0.05, 0.1) is 5.69 Å². The molecule has 0 saturated carbocycles. The van der Waals surface area contributed by atoms with Gasteiger partial charge < -0.3 is 15.1 Å². The molecular weight excluding hydrogens is 434 g/mol. The van der Waals surface area contributed by atoms with Crippen molar-refractivity contribution in [3.05, 3.63) is 58.6 Å². The fourth-order valence-corrected chi connectivity index (χ4v) is 3.73. The van der Waals surface area contributed by atoms with Crippen LogP contribution in [0.3, 0.4) is 0 Å². The van der Waals surface area contributed by atoms with Crippen molar-refractivity contribution in [1.82, 2.24) is 25.1 Å². The number of nitrogens with zero attached hydrogens (tertiary/aromatic N) is 6. The number of anilines is 2. The normalized spacial score (nSPS) is 14.1. The van der Waals surface area contributed by atoms with Crippen LogP contribution in [0.25, 0.3) is 5.69 Å². The van der Waals surface area contributed by atoms with E-state index in [2.05, 4.69) is 60.7 Å². The van der Waals surface area contributed by atoms with Crippen LogP contribution in [0.15, 0.2) is 53.0 Å². The summed E-state index contributed by atoms with van der Waals surface area (Å²) in [4.78, 5) is 16.5. The number of nitrogens with one attached hydrogen (secondary N) is 1. The summed E-state index contributed by atoms with van der Waals surface area (Å²) in [6, 6.07) is 15.7. The molecule has 1 fully saturated rings. The van der Waals surface area contributed by atoms with E-state index in [4.69, 9.17) is 0 Å². The molecule has 1 aromatic heterocycles. The quantitative estimate of drug-likeness (QED) is 0.652. The number of tetrazole rings is 1. The Morgan fingerprint density at radius 3 is 2.66 bits per heavy atom. The number of aromatic nitrogens is 4. The minimum atomic E-state index is -0.0991. The zero-order valence-corrected chi connectivity index (χ0v) is 17.7. The second kappa shape index (κ2) is 8.60. The maximum Gasteiger partial charge on any atom is 0.321 e. The van der Waals surface area contributed by atoms with Gasteiger partial charge in [-0.15, -0.1) is 0 Å². The van der Waals surface area contributed by atoms with E-state index in [1.807, 2.05) is 41.3 Å². The van der Waals surface area contributed by atoms with Gasteiger partial charge in [0.2, 0.25) is 5.95 Å². The summed E-state index contributed by atoms with van der Waals surface area (Å²) in [5, 5.41) is 15.2. The Morgan fingerprint density at radius 2 is 1.90 bits per heavy atom. The minimum absolute atomic E-state index is 0.0991. The molecule has 2 amide bonds. The fourth-order valence-electron chi connectivity index (χ4n) is 3.33. The molecule has 1 N–H and O–H groups in total. The second-order valence-electron chi connectivity index (χ2n) is 6.83. The third-order valence-electron chi connectivity index (χ3n) is 4.94. The van der Waals surface area contributed by atoms with E-state index in [1.54, 1.807) is 4.68 Å². The van der Waals surface area contributed by atoms with Gasteiger partial charge in [-0.05, 0) is 52.7 Å². The summed E-state index contributed by atoms with van der Waals surface area (Å²) < 4.78 is 2.69. The number of hydrogen-bond acceptors (Lipinski definition) is 5. The van der Waals surface area contributed by atoms with Crippen LogP contribution in [0.2, 0.25) is 0 Å². The summed E-state index contributed by atoms with van der Waals surface area (Å²) >= 11 is 3.42. The molecule has 29 heavy (non-hydrogen) atoms. The van der Waals surface area contributed by atoms with E-state index >= 15 is 0 Å². The molecule has 0 spiro atoms. The lowest BCUT2D eigenvalue weighted by atomic mass is 10.1. The van der Waals surface area contributed by atoms with Crippen LogP contribution in [0.4, 0.5) is 16.4 Å². The van der Waals surface area contributed by atoms with Gasteiger partial charge in [0, 0.05) is 36.3 Å². The van der Waals surface area contributed by atoms with Crippen molar-refractivity contribution >= 4 is 33.6 Å². The van der Waals surface area contributed by atoms with Crippen molar-refractivity contribution in [2.24, 2.45) is 0 Å². The molecule has 0 atom stereocenters. The number of hydrogen-bond donors (Lipinski definition) is 1. The van der Waals surface area contributed by atoms with E-state index in [1.165, 1.54) is 5.56 Å². The van der Waals surface area contributed by atoms with E-state index < -0.39 is 0 Å². The Kier molecular flexibility index (Phi) is 5.75. The summed E-state index contributed by atoms with van der Waals surface area (Å²) in [5.41, 5.74) is 2.95. The molecule has 2 aromatic carbocycles. The molecule has 1 aliphatic rings. The number of piperazine rings is 1. The fraction of sp³-hybridized carbons (Fsp3) is 0.300. The number of amides is 2. The lowest BCUT2D eigenvalue weighted by Gasteiger charge is -2.34. The van der Waals surface area contributed by atoms with Crippen molar-refractivity contribution < 1.29 is 4.79 Å². The van der Waals surface area contributed by atoms with Crippen molar-refractivity contribution in [2.45, 2.75) is 13.3 Å². The van der Waals surface area contributed by atoms with Crippen LogP contribution >= 0.6 is 15.9 Å². The van der Waals surface area contributed by atoms with E-state index in [-0.39, 0.29) is 6.03 Å². The molecule has 9 heteroatoms. The van der Waals surface area contributed by atoms with Crippen molar-refractivity contribution in [3.8, 4) is 5.69 Å². The van der Waals surface area contributed by atoms with Gasteiger partial charge in [0.1, 0.15) is 0 Å². The zero-order chi connectivity index (χ0) is 20.2. The third kappa shape index (κ3) is 4.40. The largest absolute Gasteiger partial charge is 0.336 e. The minimum Gasteiger partial charge on any atom is -0.336 e. The number of carbonyl (C=O) groups excluding carboxylic acids is 1. The lowest BCUT2D eigenvalue weighted by Crippen LogP contribution is -2.50. The molecule has 2 heterocycles. The summed E-state index contributed by atoms with van der Waals surface area (Å²) in [5.74, 6) is 0.699. The van der Waals surface area contributed by atoms with Crippen LogP contribution in [-0.2, 0) is 6.42 Å².